The Hall–Kier alpha value is -2.07. The molecule has 0 spiro atoms. The molecular weight excluding hydrogens is 438 g/mol. The van der Waals surface area contributed by atoms with Crippen molar-refractivity contribution < 1.29 is 28.6 Å². The molecule has 2 aromatic heterocycles. The number of hydrogen-bond donors (Lipinski definition) is 1. The lowest BCUT2D eigenvalue weighted by atomic mass is 9.72. The zero-order chi connectivity index (χ0) is 22.8. The molecule has 0 aromatic carbocycles. The number of aryl methyl sites for hydroxylation is 1. The second-order valence-corrected chi connectivity index (χ2v) is 10.9. The number of fused-ring (bicyclic) bond motifs is 1. The van der Waals surface area contributed by atoms with E-state index in [1.54, 1.807) is 14.0 Å². The normalized spacial score (nSPS) is 16.1. The van der Waals surface area contributed by atoms with Crippen molar-refractivity contribution in [1.29, 1.82) is 0 Å². The quantitative estimate of drug-likeness (QED) is 0.379. The van der Waals surface area contributed by atoms with E-state index >= 15 is 0 Å². The molecule has 1 amide bonds. The Labute approximate surface area is 190 Å². The molecule has 1 N–H and O–H groups in total. The molecule has 10 heteroatoms. The summed E-state index contributed by atoms with van der Waals surface area (Å²) in [6.07, 6.45) is 2.91. The van der Waals surface area contributed by atoms with Crippen molar-refractivity contribution in [2.75, 3.05) is 17.7 Å². The Morgan fingerprint density at radius 1 is 1.42 bits per heavy atom. The molecule has 31 heavy (non-hydrogen) atoms. The predicted octanol–water partition coefficient (Wildman–Crippen LogP) is 3.08. The zero-order valence-electron chi connectivity index (χ0n) is 18.6. The van der Waals surface area contributed by atoms with E-state index in [4.69, 9.17) is 4.74 Å². The van der Waals surface area contributed by atoms with Crippen molar-refractivity contribution in [3.63, 3.8) is 0 Å². The van der Waals surface area contributed by atoms with Crippen LogP contribution in [-0.4, -0.2) is 29.5 Å². The summed E-state index contributed by atoms with van der Waals surface area (Å²) in [5.74, 6) is -0.194. The Bertz CT molecular complexity index is 942. The number of rotatable bonds is 7. The fourth-order valence-corrected chi connectivity index (χ4v) is 5.91. The van der Waals surface area contributed by atoms with Crippen LogP contribution in [0.3, 0.4) is 0 Å². The van der Waals surface area contributed by atoms with Gasteiger partial charge in [0.2, 0.25) is 5.91 Å². The summed E-state index contributed by atoms with van der Waals surface area (Å²) in [6, 6.07) is 0. The van der Waals surface area contributed by atoms with E-state index in [0.717, 1.165) is 29.7 Å². The smallest absolute Gasteiger partial charge is 0.341 e. The van der Waals surface area contributed by atoms with Gasteiger partial charge in [-0.1, -0.05) is 37.2 Å². The molecule has 1 atom stereocenters. The van der Waals surface area contributed by atoms with E-state index in [-0.39, 0.29) is 30.3 Å². The maximum Gasteiger partial charge on any atom is 0.341 e. The summed E-state index contributed by atoms with van der Waals surface area (Å²) in [5, 5.41) is 18.9. The van der Waals surface area contributed by atoms with Gasteiger partial charge in [-0.25, -0.2) is 4.79 Å². The summed E-state index contributed by atoms with van der Waals surface area (Å²) >= 11 is 2.70. The van der Waals surface area contributed by atoms with Gasteiger partial charge in [0.25, 0.3) is 5.03 Å². The molecule has 1 aliphatic rings. The number of carbonyl (C=O) groups is 2. The van der Waals surface area contributed by atoms with E-state index in [0.29, 0.717) is 27.3 Å². The van der Waals surface area contributed by atoms with Gasteiger partial charge in [0.05, 0.1) is 17.4 Å². The van der Waals surface area contributed by atoms with Crippen LogP contribution in [0.5, 0.6) is 5.95 Å². The highest BCUT2D eigenvalue weighted by molar-refractivity contribution is 7.99. The summed E-state index contributed by atoms with van der Waals surface area (Å²) in [7, 11) is 1.61. The van der Waals surface area contributed by atoms with Gasteiger partial charge in [-0.2, -0.15) is 0 Å². The molecule has 2 heterocycles. The minimum absolute atomic E-state index is 0.185. The standard InChI is InChI=1S/C21H29N3O5S2/c1-6-28-19(26)16-13-8-7-12(21(2,3)4)11-14(13)31-17(16)22-15(25)9-10-30-18-20(27)29-23-24(18)5/h12H,6-11H2,1-5H3,(H-,22,23,25,26,27). The number of anilines is 1. The van der Waals surface area contributed by atoms with Crippen LogP contribution in [0.4, 0.5) is 5.00 Å². The van der Waals surface area contributed by atoms with Gasteiger partial charge in [0.15, 0.2) is 13.0 Å². The minimum atomic E-state index is -0.517. The first kappa shape index (κ1) is 23.6. The van der Waals surface area contributed by atoms with Gasteiger partial charge in [-0.05, 0) is 43.1 Å². The number of esters is 1. The Kier molecular flexibility index (Phi) is 7.31. The average Bonchev–Trinajstić information content (AvgIpc) is 3.20. The molecule has 0 radical (unpaired) electrons. The van der Waals surface area contributed by atoms with E-state index in [9.17, 15) is 14.7 Å². The number of amides is 1. The maximum atomic E-state index is 12.7. The van der Waals surface area contributed by atoms with Crippen molar-refractivity contribution in [2.24, 2.45) is 18.4 Å². The largest absolute Gasteiger partial charge is 0.538 e. The molecule has 2 aromatic rings. The fourth-order valence-electron chi connectivity index (χ4n) is 3.72. The molecule has 8 nitrogen and oxygen atoms in total. The van der Waals surface area contributed by atoms with Crippen LogP contribution in [0.25, 0.3) is 0 Å². The van der Waals surface area contributed by atoms with E-state index < -0.39 is 5.95 Å². The van der Waals surface area contributed by atoms with Gasteiger partial charge >= 0.3 is 5.97 Å². The molecule has 0 saturated heterocycles. The fraction of sp³-hybridized carbons (Fsp3) is 0.619. The third-order valence-electron chi connectivity index (χ3n) is 5.51. The van der Waals surface area contributed by atoms with Crippen LogP contribution in [0.15, 0.2) is 9.55 Å². The third kappa shape index (κ3) is 5.41. The van der Waals surface area contributed by atoms with Gasteiger partial charge in [0.1, 0.15) is 5.00 Å². The molecule has 0 saturated carbocycles. The Morgan fingerprint density at radius 3 is 2.77 bits per heavy atom. The molecule has 3 rings (SSSR count). The number of carbonyl (C=O) groups excluding carboxylic acids is 2. The average molecular weight is 468 g/mol. The van der Waals surface area contributed by atoms with E-state index in [2.05, 4.69) is 35.9 Å². The summed E-state index contributed by atoms with van der Waals surface area (Å²) in [5.41, 5.74) is 1.70. The minimum Gasteiger partial charge on any atom is -0.538 e. The van der Waals surface area contributed by atoms with Crippen molar-refractivity contribution in [3.05, 3.63) is 16.0 Å². The molecule has 170 valence electrons. The number of thiophene rings is 1. The van der Waals surface area contributed by atoms with Crippen LogP contribution < -0.4 is 15.1 Å². The highest BCUT2D eigenvalue weighted by atomic mass is 32.2. The van der Waals surface area contributed by atoms with Gasteiger partial charge < -0.3 is 19.7 Å². The summed E-state index contributed by atoms with van der Waals surface area (Å²) in [6.45, 7) is 8.78. The Morgan fingerprint density at radius 2 is 2.16 bits per heavy atom. The van der Waals surface area contributed by atoms with E-state index in [1.165, 1.54) is 27.8 Å². The first-order valence-electron chi connectivity index (χ1n) is 10.4. The first-order valence-corrected chi connectivity index (χ1v) is 12.2. The number of ether oxygens (including phenoxy) is 1. The lowest BCUT2D eigenvalue weighted by molar-refractivity contribution is -0.772. The lowest BCUT2D eigenvalue weighted by Gasteiger charge is -2.33. The van der Waals surface area contributed by atoms with Crippen LogP contribution in [-0.2, 0) is 29.4 Å². The highest BCUT2D eigenvalue weighted by Crippen LogP contribution is 2.44. The van der Waals surface area contributed by atoms with Gasteiger partial charge in [-0.3, -0.25) is 4.79 Å². The summed E-state index contributed by atoms with van der Waals surface area (Å²) < 4.78 is 11.2. The molecular formula is C21H29N3O5S2. The number of nitrogens with zero attached hydrogens (tertiary/aromatic N) is 2. The van der Waals surface area contributed by atoms with Crippen molar-refractivity contribution in [2.45, 2.75) is 58.4 Å². The molecule has 0 aliphatic heterocycles. The van der Waals surface area contributed by atoms with E-state index in [1.807, 2.05) is 0 Å². The van der Waals surface area contributed by atoms with Crippen molar-refractivity contribution in [3.8, 4) is 5.95 Å². The molecule has 0 bridgehead atoms. The van der Waals surface area contributed by atoms with Crippen LogP contribution in [0, 0.1) is 11.3 Å². The summed E-state index contributed by atoms with van der Waals surface area (Å²) in [4.78, 5) is 26.4. The van der Waals surface area contributed by atoms with Crippen molar-refractivity contribution >= 4 is 40.0 Å². The number of aromatic nitrogens is 2. The Balaban J connectivity index is 1.73. The van der Waals surface area contributed by atoms with Gasteiger partial charge in [0, 0.05) is 17.1 Å². The first-order chi connectivity index (χ1) is 14.6. The number of hydrogen-bond acceptors (Lipinski definition) is 8. The second-order valence-electron chi connectivity index (χ2n) is 8.67. The van der Waals surface area contributed by atoms with Crippen LogP contribution in [0.1, 0.15) is 61.3 Å². The van der Waals surface area contributed by atoms with Crippen LogP contribution in [0.2, 0.25) is 0 Å². The zero-order valence-corrected chi connectivity index (χ0v) is 20.2. The lowest BCUT2D eigenvalue weighted by Crippen LogP contribution is -2.32. The maximum absolute atomic E-state index is 12.7. The second kappa shape index (κ2) is 9.60. The topological polar surface area (TPSA) is 108 Å². The highest BCUT2D eigenvalue weighted by Gasteiger charge is 2.34. The number of nitrogens with one attached hydrogen (secondary N) is 1. The molecule has 1 unspecified atom stereocenters. The van der Waals surface area contributed by atoms with Crippen molar-refractivity contribution in [1.82, 2.24) is 5.27 Å². The SMILES string of the molecule is CCOC(=O)c1c(NC(=O)CCSc2c([O-])on[n+]2C)sc2c1CCC(C(C)(C)C)C2. The molecule has 0 fully saturated rings. The molecule has 1 aliphatic carbocycles. The number of thioether (sulfide) groups is 1. The predicted molar refractivity (Wildman–Crippen MR) is 116 cm³/mol. The van der Waals surface area contributed by atoms with Gasteiger partial charge in [-0.15, -0.1) is 11.3 Å². The third-order valence-corrected chi connectivity index (χ3v) is 7.79. The van der Waals surface area contributed by atoms with Crippen LogP contribution >= 0.6 is 23.1 Å². The monoisotopic (exact) mass is 467 g/mol.